The molecule has 1 N–H and O–H groups in total. The van der Waals surface area contributed by atoms with Crippen LogP contribution in [0.2, 0.25) is 0 Å². The van der Waals surface area contributed by atoms with E-state index in [0.717, 1.165) is 4.47 Å². The van der Waals surface area contributed by atoms with E-state index in [-0.39, 0.29) is 11.8 Å². The van der Waals surface area contributed by atoms with Crippen LogP contribution in [0.25, 0.3) is 0 Å². The van der Waals surface area contributed by atoms with Gasteiger partial charge in [0.1, 0.15) is 6.04 Å². The summed E-state index contributed by atoms with van der Waals surface area (Å²) in [7, 11) is 0. The fourth-order valence-corrected chi connectivity index (χ4v) is 2.26. The van der Waals surface area contributed by atoms with Gasteiger partial charge in [-0.15, -0.1) is 0 Å². The van der Waals surface area contributed by atoms with Crippen molar-refractivity contribution in [1.29, 1.82) is 0 Å². The summed E-state index contributed by atoms with van der Waals surface area (Å²) in [6.07, 6.45) is 0. The minimum absolute atomic E-state index is 0.0706. The summed E-state index contributed by atoms with van der Waals surface area (Å²) in [4.78, 5) is 25.9. The van der Waals surface area contributed by atoms with Crippen molar-refractivity contribution < 1.29 is 14.3 Å². The van der Waals surface area contributed by atoms with Crippen LogP contribution in [0.5, 0.6) is 0 Å². The van der Waals surface area contributed by atoms with Crippen molar-refractivity contribution >= 4 is 27.7 Å². The lowest BCUT2D eigenvalue weighted by Gasteiger charge is -2.29. The summed E-state index contributed by atoms with van der Waals surface area (Å²) in [6, 6.07) is 6.48. The molecule has 0 aromatic heterocycles. The number of amides is 2. The Bertz CT molecular complexity index is 484. The van der Waals surface area contributed by atoms with Crippen LogP contribution >= 0.6 is 15.9 Å². The first kappa shape index (κ1) is 15.0. The van der Waals surface area contributed by atoms with Crippen LogP contribution in [0.1, 0.15) is 17.3 Å². The summed E-state index contributed by atoms with van der Waals surface area (Å²) in [5.74, 6) is -0.314. The van der Waals surface area contributed by atoms with E-state index in [1.165, 1.54) is 0 Å². The van der Waals surface area contributed by atoms with Crippen LogP contribution in [-0.2, 0) is 9.53 Å². The molecule has 0 spiro atoms. The molecule has 1 heterocycles. The molecule has 0 saturated carbocycles. The number of carbonyl (C=O) groups excluding carboxylic acids is 2. The summed E-state index contributed by atoms with van der Waals surface area (Å²) in [6.45, 7) is 3.97. The topological polar surface area (TPSA) is 58.6 Å². The fraction of sp³-hybridized carbons (Fsp3) is 0.429. The molecule has 20 heavy (non-hydrogen) atoms. The predicted molar refractivity (Wildman–Crippen MR) is 78.5 cm³/mol. The zero-order chi connectivity index (χ0) is 14.5. The van der Waals surface area contributed by atoms with Crippen LogP contribution in [0.4, 0.5) is 0 Å². The standard InChI is InChI=1S/C14H17BrN2O3/c1-10(14(19)17-6-8-20-9-7-17)16-13(18)11-2-4-12(15)5-3-11/h2-5,10H,6-9H2,1H3,(H,16,18)/t10-/m1/s1. The number of hydrogen-bond donors (Lipinski definition) is 1. The second-order valence-corrected chi connectivity index (χ2v) is 5.56. The van der Waals surface area contributed by atoms with Gasteiger partial charge >= 0.3 is 0 Å². The van der Waals surface area contributed by atoms with Crippen LogP contribution in [0.15, 0.2) is 28.7 Å². The van der Waals surface area contributed by atoms with Gasteiger partial charge < -0.3 is 15.0 Å². The van der Waals surface area contributed by atoms with Crippen LogP contribution in [-0.4, -0.2) is 49.1 Å². The Kier molecular flexibility index (Phi) is 5.14. The maximum absolute atomic E-state index is 12.2. The molecule has 0 bridgehead atoms. The predicted octanol–water partition coefficient (Wildman–Crippen LogP) is 1.43. The van der Waals surface area contributed by atoms with Gasteiger partial charge in [0.2, 0.25) is 5.91 Å². The van der Waals surface area contributed by atoms with Crippen molar-refractivity contribution in [3.05, 3.63) is 34.3 Å². The first-order valence-corrected chi connectivity index (χ1v) is 7.30. The van der Waals surface area contributed by atoms with Gasteiger partial charge in [-0.3, -0.25) is 9.59 Å². The lowest BCUT2D eigenvalue weighted by Crippen LogP contribution is -2.50. The van der Waals surface area contributed by atoms with Crippen LogP contribution < -0.4 is 5.32 Å². The van der Waals surface area contributed by atoms with Gasteiger partial charge in [-0.05, 0) is 31.2 Å². The van der Waals surface area contributed by atoms with Crippen molar-refractivity contribution in [2.45, 2.75) is 13.0 Å². The van der Waals surface area contributed by atoms with Gasteiger partial charge in [-0.2, -0.15) is 0 Å². The molecule has 0 unspecified atom stereocenters. The summed E-state index contributed by atoms with van der Waals surface area (Å²) in [5.41, 5.74) is 0.537. The third-order valence-electron chi connectivity index (χ3n) is 3.15. The van der Waals surface area contributed by atoms with E-state index in [0.29, 0.717) is 31.9 Å². The Hall–Kier alpha value is -1.40. The highest BCUT2D eigenvalue weighted by Crippen LogP contribution is 2.10. The number of ether oxygens (including phenoxy) is 1. The lowest BCUT2D eigenvalue weighted by molar-refractivity contribution is -0.136. The van der Waals surface area contributed by atoms with Gasteiger partial charge in [-0.25, -0.2) is 0 Å². The van der Waals surface area contributed by atoms with E-state index in [4.69, 9.17) is 4.74 Å². The zero-order valence-corrected chi connectivity index (χ0v) is 12.9. The molecule has 2 amide bonds. The minimum atomic E-state index is -0.538. The maximum Gasteiger partial charge on any atom is 0.251 e. The van der Waals surface area contributed by atoms with Gasteiger partial charge in [0.15, 0.2) is 0 Å². The molecule has 1 atom stereocenters. The van der Waals surface area contributed by atoms with Gasteiger partial charge in [0.05, 0.1) is 13.2 Å². The average molecular weight is 341 g/mol. The normalized spacial score (nSPS) is 16.6. The molecule has 5 nitrogen and oxygen atoms in total. The smallest absolute Gasteiger partial charge is 0.251 e. The van der Waals surface area contributed by atoms with Crippen molar-refractivity contribution in [3.8, 4) is 0 Å². The Morgan fingerprint density at radius 1 is 1.25 bits per heavy atom. The second kappa shape index (κ2) is 6.85. The molecule has 108 valence electrons. The zero-order valence-electron chi connectivity index (χ0n) is 11.3. The molecular formula is C14H17BrN2O3. The molecule has 1 fully saturated rings. The maximum atomic E-state index is 12.2. The molecule has 2 rings (SSSR count). The van der Waals surface area contributed by atoms with E-state index in [2.05, 4.69) is 21.2 Å². The molecule has 1 aromatic rings. The quantitative estimate of drug-likeness (QED) is 0.905. The third kappa shape index (κ3) is 3.80. The SMILES string of the molecule is C[C@@H](NC(=O)c1ccc(Br)cc1)C(=O)N1CCOCC1. The summed E-state index contributed by atoms with van der Waals surface area (Å²) >= 11 is 3.32. The fourth-order valence-electron chi connectivity index (χ4n) is 2.00. The molecule has 1 saturated heterocycles. The summed E-state index contributed by atoms with van der Waals surface area (Å²) < 4.78 is 6.11. The number of nitrogens with one attached hydrogen (secondary N) is 1. The molecule has 0 aliphatic carbocycles. The minimum Gasteiger partial charge on any atom is -0.378 e. The summed E-state index contributed by atoms with van der Waals surface area (Å²) in [5, 5.41) is 2.73. The largest absolute Gasteiger partial charge is 0.378 e. The molecule has 1 aliphatic rings. The van der Waals surface area contributed by atoms with Crippen molar-refractivity contribution in [2.24, 2.45) is 0 Å². The second-order valence-electron chi connectivity index (χ2n) is 4.64. The number of carbonyl (C=O) groups is 2. The van der Waals surface area contributed by atoms with Crippen molar-refractivity contribution in [2.75, 3.05) is 26.3 Å². The Morgan fingerprint density at radius 3 is 2.45 bits per heavy atom. The number of hydrogen-bond acceptors (Lipinski definition) is 3. The molecular weight excluding hydrogens is 324 g/mol. The number of rotatable bonds is 3. The molecule has 0 radical (unpaired) electrons. The Morgan fingerprint density at radius 2 is 1.85 bits per heavy atom. The van der Waals surface area contributed by atoms with E-state index in [9.17, 15) is 9.59 Å². The molecule has 6 heteroatoms. The number of halogens is 1. The van der Waals surface area contributed by atoms with E-state index in [1.54, 1.807) is 36.1 Å². The van der Waals surface area contributed by atoms with Gasteiger partial charge in [0.25, 0.3) is 5.91 Å². The monoisotopic (exact) mass is 340 g/mol. The third-order valence-corrected chi connectivity index (χ3v) is 3.68. The number of benzene rings is 1. The highest BCUT2D eigenvalue weighted by molar-refractivity contribution is 9.10. The highest BCUT2D eigenvalue weighted by atomic mass is 79.9. The number of nitrogens with zero attached hydrogens (tertiary/aromatic N) is 1. The Balaban J connectivity index is 1.92. The first-order chi connectivity index (χ1) is 9.58. The lowest BCUT2D eigenvalue weighted by atomic mass is 10.2. The van der Waals surface area contributed by atoms with Crippen molar-refractivity contribution in [1.82, 2.24) is 10.2 Å². The van der Waals surface area contributed by atoms with E-state index in [1.807, 2.05) is 0 Å². The number of morpholine rings is 1. The first-order valence-electron chi connectivity index (χ1n) is 6.51. The average Bonchev–Trinajstić information content (AvgIpc) is 2.48. The van der Waals surface area contributed by atoms with Crippen LogP contribution in [0, 0.1) is 0 Å². The van der Waals surface area contributed by atoms with Gasteiger partial charge in [-0.1, -0.05) is 15.9 Å². The van der Waals surface area contributed by atoms with Crippen molar-refractivity contribution in [3.63, 3.8) is 0 Å². The van der Waals surface area contributed by atoms with Gasteiger partial charge in [0, 0.05) is 23.1 Å². The molecule has 1 aromatic carbocycles. The van der Waals surface area contributed by atoms with E-state index < -0.39 is 6.04 Å². The Labute approximate surface area is 126 Å². The molecule has 1 aliphatic heterocycles. The van der Waals surface area contributed by atoms with Crippen LogP contribution in [0.3, 0.4) is 0 Å². The highest BCUT2D eigenvalue weighted by Gasteiger charge is 2.23. The van der Waals surface area contributed by atoms with E-state index >= 15 is 0 Å².